The molecule has 17 heavy (non-hydrogen) atoms. The van der Waals surface area contributed by atoms with Crippen LogP contribution in [0, 0.1) is 0 Å². The summed E-state index contributed by atoms with van der Waals surface area (Å²) in [7, 11) is 0. The zero-order valence-corrected chi connectivity index (χ0v) is 11.7. The quantitative estimate of drug-likeness (QED) is 0.943. The predicted molar refractivity (Wildman–Crippen MR) is 71.4 cm³/mol. The minimum absolute atomic E-state index is 0.682. The smallest absolute Gasteiger partial charge is 0.0783 e. The summed E-state index contributed by atoms with van der Waals surface area (Å²) < 4.78 is 2.64. The molecule has 0 atom stereocenters. The SMILES string of the molecule is CCNCc1cnnn1-c1ccc(Cl)c(Br)c1. The summed E-state index contributed by atoms with van der Waals surface area (Å²) in [6.45, 7) is 3.71. The van der Waals surface area contributed by atoms with Crippen molar-refractivity contribution in [3.05, 3.63) is 39.6 Å². The molecule has 0 amide bonds. The van der Waals surface area contributed by atoms with Crippen LogP contribution in [0.3, 0.4) is 0 Å². The number of aromatic nitrogens is 3. The Balaban J connectivity index is 2.32. The molecule has 4 nitrogen and oxygen atoms in total. The van der Waals surface area contributed by atoms with Gasteiger partial charge in [0.05, 0.1) is 22.6 Å². The van der Waals surface area contributed by atoms with Gasteiger partial charge in [-0.15, -0.1) is 5.10 Å². The number of halogens is 2. The molecule has 0 radical (unpaired) electrons. The number of rotatable bonds is 4. The van der Waals surface area contributed by atoms with Crippen LogP contribution < -0.4 is 5.32 Å². The summed E-state index contributed by atoms with van der Waals surface area (Å²) in [6, 6.07) is 5.67. The van der Waals surface area contributed by atoms with Crippen LogP contribution in [0.25, 0.3) is 5.69 Å². The van der Waals surface area contributed by atoms with Crippen LogP contribution >= 0.6 is 27.5 Å². The molecule has 0 fully saturated rings. The number of benzene rings is 1. The molecule has 90 valence electrons. The topological polar surface area (TPSA) is 42.7 Å². The third-order valence-corrected chi connectivity index (χ3v) is 3.54. The predicted octanol–water partition coefficient (Wildman–Crippen LogP) is 2.79. The van der Waals surface area contributed by atoms with Crippen molar-refractivity contribution < 1.29 is 0 Å². The van der Waals surface area contributed by atoms with E-state index in [0.717, 1.165) is 28.9 Å². The molecular weight excluding hydrogens is 304 g/mol. The zero-order chi connectivity index (χ0) is 12.3. The fourth-order valence-electron chi connectivity index (χ4n) is 1.46. The van der Waals surface area contributed by atoms with Crippen molar-refractivity contribution in [3.8, 4) is 5.69 Å². The third kappa shape index (κ3) is 2.86. The van der Waals surface area contributed by atoms with Crippen LogP contribution in [0.2, 0.25) is 5.02 Å². The van der Waals surface area contributed by atoms with Gasteiger partial charge in [0.1, 0.15) is 0 Å². The Hall–Kier alpha value is -0.910. The molecule has 1 aromatic carbocycles. The van der Waals surface area contributed by atoms with Gasteiger partial charge in [0.2, 0.25) is 0 Å². The molecule has 0 aliphatic carbocycles. The fraction of sp³-hybridized carbons (Fsp3) is 0.273. The summed E-state index contributed by atoms with van der Waals surface area (Å²) in [5, 5.41) is 11.9. The van der Waals surface area contributed by atoms with Gasteiger partial charge in [-0.2, -0.15) is 0 Å². The van der Waals surface area contributed by atoms with E-state index in [2.05, 4.69) is 38.5 Å². The molecular formula is C11H12BrClN4. The van der Waals surface area contributed by atoms with Crippen LogP contribution in [-0.4, -0.2) is 21.5 Å². The molecule has 0 saturated carbocycles. The van der Waals surface area contributed by atoms with Crippen molar-refractivity contribution in [2.45, 2.75) is 13.5 Å². The van der Waals surface area contributed by atoms with Crippen molar-refractivity contribution >= 4 is 27.5 Å². The average Bonchev–Trinajstić information content (AvgIpc) is 2.78. The van der Waals surface area contributed by atoms with Crippen LogP contribution in [0.5, 0.6) is 0 Å². The Morgan fingerprint density at radius 1 is 1.47 bits per heavy atom. The summed E-state index contributed by atoms with van der Waals surface area (Å²) in [5.74, 6) is 0. The summed E-state index contributed by atoms with van der Waals surface area (Å²) >= 11 is 9.36. The van der Waals surface area contributed by atoms with E-state index in [0.29, 0.717) is 5.02 Å². The Labute approximate surface area is 113 Å². The van der Waals surface area contributed by atoms with E-state index in [4.69, 9.17) is 11.6 Å². The standard InChI is InChI=1S/C11H12BrClN4/c1-2-14-6-9-7-15-16-17(9)8-3-4-11(13)10(12)5-8/h3-5,7,14H,2,6H2,1H3. The molecule has 1 heterocycles. The Bertz CT molecular complexity index is 512. The maximum Gasteiger partial charge on any atom is 0.0783 e. The van der Waals surface area contributed by atoms with Crippen LogP contribution in [0.15, 0.2) is 28.9 Å². The van der Waals surface area contributed by atoms with Gasteiger partial charge >= 0.3 is 0 Å². The molecule has 0 aliphatic heterocycles. The summed E-state index contributed by atoms with van der Waals surface area (Å²) in [4.78, 5) is 0. The lowest BCUT2D eigenvalue weighted by atomic mass is 10.3. The van der Waals surface area contributed by atoms with E-state index in [1.54, 1.807) is 10.9 Å². The second kappa shape index (κ2) is 5.62. The highest BCUT2D eigenvalue weighted by Gasteiger charge is 2.07. The van der Waals surface area contributed by atoms with Crippen molar-refractivity contribution in [2.75, 3.05) is 6.54 Å². The van der Waals surface area contributed by atoms with Crippen LogP contribution in [0.4, 0.5) is 0 Å². The van der Waals surface area contributed by atoms with Crippen LogP contribution in [-0.2, 0) is 6.54 Å². The second-order valence-corrected chi connectivity index (χ2v) is 4.78. The fourth-order valence-corrected chi connectivity index (χ4v) is 1.95. The molecule has 0 spiro atoms. The normalized spacial score (nSPS) is 10.8. The van der Waals surface area contributed by atoms with Gasteiger partial charge in [0.25, 0.3) is 0 Å². The number of hydrogen-bond donors (Lipinski definition) is 1. The van der Waals surface area contributed by atoms with Gasteiger partial charge in [0.15, 0.2) is 0 Å². The molecule has 1 aromatic heterocycles. The van der Waals surface area contributed by atoms with Crippen molar-refractivity contribution in [2.24, 2.45) is 0 Å². The van der Waals surface area contributed by atoms with E-state index in [-0.39, 0.29) is 0 Å². The Morgan fingerprint density at radius 2 is 2.29 bits per heavy atom. The summed E-state index contributed by atoms with van der Waals surface area (Å²) in [6.07, 6.45) is 1.76. The van der Waals surface area contributed by atoms with E-state index in [1.165, 1.54) is 0 Å². The molecule has 0 saturated heterocycles. The lowest BCUT2D eigenvalue weighted by Crippen LogP contribution is -2.15. The first kappa shape index (κ1) is 12.5. The zero-order valence-electron chi connectivity index (χ0n) is 9.32. The molecule has 1 N–H and O–H groups in total. The highest BCUT2D eigenvalue weighted by atomic mass is 79.9. The van der Waals surface area contributed by atoms with E-state index in [1.807, 2.05) is 18.2 Å². The van der Waals surface area contributed by atoms with Crippen molar-refractivity contribution in [3.63, 3.8) is 0 Å². The molecule has 0 unspecified atom stereocenters. The van der Waals surface area contributed by atoms with Gasteiger partial charge in [-0.1, -0.05) is 23.7 Å². The van der Waals surface area contributed by atoms with Gasteiger partial charge in [-0.3, -0.25) is 0 Å². The molecule has 6 heteroatoms. The van der Waals surface area contributed by atoms with Gasteiger partial charge < -0.3 is 5.32 Å². The second-order valence-electron chi connectivity index (χ2n) is 3.52. The van der Waals surface area contributed by atoms with Gasteiger partial charge in [0, 0.05) is 11.0 Å². The minimum atomic E-state index is 0.682. The van der Waals surface area contributed by atoms with Crippen molar-refractivity contribution in [1.29, 1.82) is 0 Å². The number of nitrogens with one attached hydrogen (secondary N) is 1. The Kier molecular flexibility index (Phi) is 4.15. The molecule has 0 aliphatic rings. The summed E-state index contributed by atoms with van der Waals surface area (Å²) in [5.41, 5.74) is 1.95. The lowest BCUT2D eigenvalue weighted by Gasteiger charge is -2.07. The van der Waals surface area contributed by atoms with Gasteiger partial charge in [-0.25, -0.2) is 4.68 Å². The first-order chi connectivity index (χ1) is 8.22. The monoisotopic (exact) mass is 314 g/mol. The first-order valence-electron chi connectivity index (χ1n) is 5.28. The van der Waals surface area contributed by atoms with Gasteiger partial charge in [-0.05, 0) is 40.7 Å². The third-order valence-electron chi connectivity index (χ3n) is 2.32. The highest BCUT2D eigenvalue weighted by molar-refractivity contribution is 9.10. The van der Waals surface area contributed by atoms with Crippen molar-refractivity contribution in [1.82, 2.24) is 20.3 Å². The van der Waals surface area contributed by atoms with Crippen LogP contribution in [0.1, 0.15) is 12.6 Å². The van der Waals surface area contributed by atoms with E-state index in [9.17, 15) is 0 Å². The molecule has 0 bridgehead atoms. The maximum absolute atomic E-state index is 5.96. The number of nitrogens with zero attached hydrogens (tertiary/aromatic N) is 3. The Morgan fingerprint density at radius 3 is 3.00 bits per heavy atom. The molecule has 2 aromatic rings. The maximum atomic E-state index is 5.96. The van der Waals surface area contributed by atoms with E-state index >= 15 is 0 Å². The lowest BCUT2D eigenvalue weighted by molar-refractivity contribution is 0.672. The molecule has 2 rings (SSSR count). The van der Waals surface area contributed by atoms with E-state index < -0.39 is 0 Å². The first-order valence-corrected chi connectivity index (χ1v) is 6.45. The average molecular weight is 316 g/mol. The largest absolute Gasteiger partial charge is 0.311 e. The number of hydrogen-bond acceptors (Lipinski definition) is 3. The highest BCUT2D eigenvalue weighted by Crippen LogP contribution is 2.25. The minimum Gasteiger partial charge on any atom is -0.311 e.